The zero-order valence-corrected chi connectivity index (χ0v) is 12.0. The quantitative estimate of drug-likeness (QED) is 0.683. The van der Waals surface area contributed by atoms with E-state index in [9.17, 15) is 12.8 Å². The van der Waals surface area contributed by atoms with Crippen molar-refractivity contribution in [2.75, 3.05) is 13.1 Å². The number of hydrogen-bond donors (Lipinski definition) is 2. The number of nitrogens with one attached hydrogen (secondary N) is 2. The molecule has 1 aromatic rings. The number of rotatable bonds is 9. The lowest BCUT2D eigenvalue weighted by molar-refractivity contribution is 0.559. The summed E-state index contributed by atoms with van der Waals surface area (Å²) >= 11 is 0. The van der Waals surface area contributed by atoms with Crippen LogP contribution in [0.4, 0.5) is 4.39 Å². The van der Waals surface area contributed by atoms with Gasteiger partial charge in [0, 0.05) is 13.1 Å². The molecule has 1 rings (SSSR count). The van der Waals surface area contributed by atoms with Crippen molar-refractivity contribution in [1.82, 2.24) is 9.44 Å². The van der Waals surface area contributed by atoms with Crippen LogP contribution in [0.1, 0.15) is 31.7 Å². The fourth-order valence-electron chi connectivity index (χ4n) is 1.64. The molecule has 19 heavy (non-hydrogen) atoms. The van der Waals surface area contributed by atoms with Crippen molar-refractivity contribution in [3.8, 4) is 0 Å². The van der Waals surface area contributed by atoms with Crippen molar-refractivity contribution < 1.29 is 12.8 Å². The van der Waals surface area contributed by atoms with Crippen LogP contribution in [0.5, 0.6) is 0 Å². The third-order valence-electron chi connectivity index (χ3n) is 2.66. The van der Waals surface area contributed by atoms with Crippen LogP contribution in [-0.2, 0) is 16.6 Å². The molecule has 1 aromatic carbocycles. The van der Waals surface area contributed by atoms with Crippen LogP contribution in [0, 0.1) is 5.82 Å². The van der Waals surface area contributed by atoms with E-state index >= 15 is 0 Å². The first kappa shape index (κ1) is 16.1. The van der Waals surface area contributed by atoms with E-state index in [4.69, 9.17) is 0 Å². The highest BCUT2D eigenvalue weighted by Gasteiger charge is 2.06. The highest BCUT2D eigenvalue weighted by molar-refractivity contribution is 7.87. The Morgan fingerprint density at radius 2 is 1.79 bits per heavy atom. The van der Waals surface area contributed by atoms with Crippen LogP contribution in [0.25, 0.3) is 0 Å². The molecule has 0 bridgehead atoms. The topological polar surface area (TPSA) is 58.2 Å². The summed E-state index contributed by atoms with van der Waals surface area (Å²) in [5.41, 5.74) is 0.675. The maximum atomic E-state index is 13.3. The Bertz CT molecular complexity index is 477. The van der Waals surface area contributed by atoms with E-state index in [2.05, 4.69) is 9.44 Å². The normalized spacial score (nSPS) is 11.7. The molecule has 0 saturated carbocycles. The van der Waals surface area contributed by atoms with Crippen LogP contribution in [-0.4, -0.2) is 21.5 Å². The third-order valence-corrected chi connectivity index (χ3v) is 3.83. The summed E-state index contributed by atoms with van der Waals surface area (Å²) in [6.07, 6.45) is 2.81. The van der Waals surface area contributed by atoms with E-state index in [0.29, 0.717) is 31.5 Å². The smallest absolute Gasteiger partial charge is 0.207 e. The highest BCUT2D eigenvalue weighted by atomic mass is 32.2. The van der Waals surface area contributed by atoms with Gasteiger partial charge in [-0.05, 0) is 37.3 Å². The largest absolute Gasteiger partial charge is 0.276 e. The van der Waals surface area contributed by atoms with E-state index in [-0.39, 0.29) is 5.82 Å². The number of halogens is 1. The summed E-state index contributed by atoms with van der Waals surface area (Å²) in [6.45, 7) is 2.70. The van der Waals surface area contributed by atoms with Crippen LogP contribution in [0.3, 0.4) is 0 Å². The Balaban J connectivity index is 2.20. The van der Waals surface area contributed by atoms with E-state index in [0.717, 1.165) is 12.8 Å². The number of hydrogen-bond acceptors (Lipinski definition) is 2. The van der Waals surface area contributed by atoms with Crippen molar-refractivity contribution in [2.24, 2.45) is 0 Å². The first-order valence-corrected chi connectivity index (χ1v) is 8.01. The second kappa shape index (κ2) is 8.24. The summed E-state index contributed by atoms with van der Waals surface area (Å²) < 4.78 is 41.0. The molecule has 0 heterocycles. The molecule has 0 aliphatic rings. The highest BCUT2D eigenvalue weighted by Crippen LogP contribution is 2.09. The third kappa shape index (κ3) is 6.66. The van der Waals surface area contributed by atoms with Crippen LogP contribution < -0.4 is 9.44 Å². The molecule has 2 N–H and O–H groups in total. The fraction of sp³-hybridized carbons (Fsp3) is 0.538. The van der Waals surface area contributed by atoms with Crippen molar-refractivity contribution in [3.63, 3.8) is 0 Å². The summed E-state index contributed by atoms with van der Waals surface area (Å²) in [5.74, 6) is -0.201. The lowest BCUT2D eigenvalue weighted by Gasteiger charge is -2.07. The molecule has 0 saturated heterocycles. The Hall–Kier alpha value is -0.980. The molecule has 0 fully saturated rings. The molecule has 6 heteroatoms. The zero-order valence-electron chi connectivity index (χ0n) is 11.2. The van der Waals surface area contributed by atoms with Crippen molar-refractivity contribution in [2.45, 2.75) is 32.6 Å². The maximum absolute atomic E-state index is 13.3. The second-order valence-corrected chi connectivity index (χ2v) is 5.92. The minimum atomic E-state index is -3.37. The van der Waals surface area contributed by atoms with Gasteiger partial charge in [0.1, 0.15) is 5.82 Å². The number of benzene rings is 1. The van der Waals surface area contributed by atoms with Gasteiger partial charge >= 0.3 is 0 Å². The Labute approximate surface area is 114 Å². The SMILES string of the molecule is CCCNS(=O)(=O)NCCCCc1ccccc1F. The van der Waals surface area contributed by atoms with Gasteiger partial charge in [0.05, 0.1) is 0 Å². The first-order valence-electron chi connectivity index (χ1n) is 6.53. The van der Waals surface area contributed by atoms with Crippen molar-refractivity contribution in [3.05, 3.63) is 35.6 Å². The van der Waals surface area contributed by atoms with Gasteiger partial charge in [0.25, 0.3) is 10.2 Å². The van der Waals surface area contributed by atoms with E-state index < -0.39 is 10.2 Å². The van der Waals surface area contributed by atoms with E-state index in [1.807, 2.05) is 6.92 Å². The molecule has 0 spiro atoms. The first-order chi connectivity index (χ1) is 9.05. The average molecular weight is 288 g/mol. The Kier molecular flexibility index (Phi) is 6.97. The zero-order chi connectivity index (χ0) is 14.1. The second-order valence-electron chi connectivity index (χ2n) is 4.34. The monoisotopic (exact) mass is 288 g/mol. The van der Waals surface area contributed by atoms with Gasteiger partial charge in [-0.25, -0.2) is 13.8 Å². The van der Waals surface area contributed by atoms with Gasteiger partial charge in [0.15, 0.2) is 0 Å². The van der Waals surface area contributed by atoms with E-state index in [1.165, 1.54) is 6.07 Å². The van der Waals surface area contributed by atoms with Gasteiger partial charge in [-0.2, -0.15) is 8.42 Å². The van der Waals surface area contributed by atoms with Crippen LogP contribution in [0.15, 0.2) is 24.3 Å². The predicted molar refractivity (Wildman–Crippen MR) is 74.6 cm³/mol. The molecular formula is C13H21FN2O2S. The van der Waals surface area contributed by atoms with Crippen molar-refractivity contribution in [1.29, 1.82) is 0 Å². The number of aryl methyl sites for hydroxylation is 1. The molecule has 108 valence electrons. The molecule has 0 aliphatic carbocycles. The van der Waals surface area contributed by atoms with Crippen LogP contribution in [0.2, 0.25) is 0 Å². The van der Waals surface area contributed by atoms with Crippen molar-refractivity contribution >= 4 is 10.2 Å². The van der Waals surface area contributed by atoms with E-state index in [1.54, 1.807) is 18.2 Å². The lowest BCUT2D eigenvalue weighted by atomic mass is 10.1. The average Bonchev–Trinajstić information content (AvgIpc) is 2.38. The molecule has 0 aliphatic heterocycles. The molecule has 0 amide bonds. The fourth-order valence-corrected chi connectivity index (χ4v) is 2.62. The molecule has 0 aromatic heterocycles. The van der Waals surface area contributed by atoms with Gasteiger partial charge in [-0.3, -0.25) is 0 Å². The minimum Gasteiger partial charge on any atom is -0.207 e. The summed E-state index contributed by atoms with van der Waals surface area (Å²) in [7, 11) is -3.37. The minimum absolute atomic E-state index is 0.201. The predicted octanol–water partition coefficient (Wildman–Crippen LogP) is 1.98. The van der Waals surface area contributed by atoms with Gasteiger partial charge in [-0.1, -0.05) is 25.1 Å². The van der Waals surface area contributed by atoms with Crippen LogP contribution >= 0.6 is 0 Å². The van der Waals surface area contributed by atoms with Gasteiger partial charge < -0.3 is 0 Å². The number of unbranched alkanes of at least 4 members (excludes halogenated alkanes) is 1. The van der Waals surface area contributed by atoms with Gasteiger partial charge in [0.2, 0.25) is 0 Å². The molecule has 4 nitrogen and oxygen atoms in total. The standard InChI is InChI=1S/C13H21FN2O2S/c1-2-10-15-19(17,18)16-11-6-5-8-12-7-3-4-9-13(12)14/h3-4,7,9,15-16H,2,5-6,8,10-11H2,1H3. The summed E-state index contributed by atoms with van der Waals surface area (Å²) in [4.78, 5) is 0. The van der Waals surface area contributed by atoms with Gasteiger partial charge in [-0.15, -0.1) is 0 Å². The Morgan fingerprint density at radius 1 is 1.11 bits per heavy atom. The maximum Gasteiger partial charge on any atom is 0.276 e. The molecule has 0 radical (unpaired) electrons. The summed E-state index contributed by atoms with van der Waals surface area (Å²) in [6, 6.07) is 6.65. The lowest BCUT2D eigenvalue weighted by Crippen LogP contribution is -2.37. The Morgan fingerprint density at radius 3 is 2.47 bits per heavy atom. The summed E-state index contributed by atoms with van der Waals surface area (Å²) in [5, 5.41) is 0. The molecule has 0 atom stereocenters. The molecule has 0 unspecified atom stereocenters. The molecular weight excluding hydrogens is 267 g/mol.